The summed E-state index contributed by atoms with van der Waals surface area (Å²) in [6.07, 6.45) is 0.944. The van der Waals surface area contributed by atoms with Crippen LogP contribution in [0.3, 0.4) is 0 Å². The Morgan fingerprint density at radius 2 is 1.77 bits per heavy atom. The van der Waals surface area contributed by atoms with Gasteiger partial charge in [0, 0.05) is 39.0 Å². The summed E-state index contributed by atoms with van der Waals surface area (Å²) in [6.45, 7) is 1.21. The molecule has 0 N–H and O–H groups in total. The Bertz CT molecular complexity index is 1160. The van der Waals surface area contributed by atoms with Crippen LogP contribution < -0.4 is 0 Å². The fourth-order valence-corrected chi connectivity index (χ4v) is 6.14. The number of hydrogen-bond acceptors (Lipinski definition) is 5. The number of aryl methyl sites for hydroxylation is 1. The highest BCUT2D eigenvalue weighted by atomic mass is 35.5. The summed E-state index contributed by atoms with van der Waals surface area (Å²) in [5.41, 5.74) is 0.950. The third kappa shape index (κ3) is 4.48. The SMILES string of the molecule is O=C(CCc1nc2ccccc2s1)N1CCN(S(=O)(=O)c2ccc(Cl)c(Cl)c2)CC1. The monoisotopic (exact) mass is 483 g/mol. The summed E-state index contributed by atoms with van der Waals surface area (Å²) < 4.78 is 28.2. The number of para-hydroxylation sites is 1. The predicted molar refractivity (Wildman–Crippen MR) is 120 cm³/mol. The molecule has 1 saturated heterocycles. The molecule has 0 saturated carbocycles. The molecule has 1 fully saturated rings. The molecule has 1 amide bonds. The number of carbonyl (C=O) groups excluding carboxylic acids is 1. The summed E-state index contributed by atoms with van der Waals surface area (Å²) in [5.74, 6) is 0.0147. The van der Waals surface area contributed by atoms with E-state index in [-0.39, 0.29) is 28.9 Å². The molecule has 0 aliphatic carbocycles. The number of amides is 1. The molecule has 158 valence electrons. The van der Waals surface area contributed by atoms with Gasteiger partial charge >= 0.3 is 0 Å². The highest BCUT2D eigenvalue weighted by Crippen LogP contribution is 2.27. The third-order valence-electron chi connectivity index (χ3n) is 5.01. The highest BCUT2D eigenvalue weighted by molar-refractivity contribution is 7.89. The number of thiazole rings is 1. The standard InChI is InChI=1S/C20H19Cl2N3O3S2/c21-15-6-5-14(13-16(15)22)30(27,28)25-11-9-24(10-12-25)20(26)8-7-19-23-17-3-1-2-4-18(17)29-19/h1-6,13H,7-12H2. The first-order chi connectivity index (χ1) is 14.3. The van der Waals surface area contributed by atoms with Gasteiger partial charge in [0.2, 0.25) is 15.9 Å². The smallest absolute Gasteiger partial charge is 0.243 e. The van der Waals surface area contributed by atoms with E-state index in [1.54, 1.807) is 16.2 Å². The Morgan fingerprint density at radius 3 is 2.47 bits per heavy atom. The maximum absolute atomic E-state index is 12.8. The Kier molecular flexibility index (Phi) is 6.31. The Balaban J connectivity index is 1.34. The maximum atomic E-state index is 12.8. The summed E-state index contributed by atoms with van der Waals surface area (Å²) in [4.78, 5) is 19.0. The molecule has 1 aromatic heterocycles. The average Bonchev–Trinajstić information content (AvgIpc) is 3.17. The van der Waals surface area contributed by atoms with E-state index < -0.39 is 10.0 Å². The molecular formula is C20H19Cl2N3O3S2. The van der Waals surface area contributed by atoms with Crippen LogP contribution in [0.15, 0.2) is 47.4 Å². The fraction of sp³-hybridized carbons (Fsp3) is 0.300. The van der Waals surface area contributed by atoms with E-state index in [0.717, 1.165) is 15.2 Å². The van der Waals surface area contributed by atoms with Gasteiger partial charge < -0.3 is 4.90 Å². The van der Waals surface area contributed by atoms with E-state index in [0.29, 0.717) is 31.0 Å². The lowest BCUT2D eigenvalue weighted by molar-refractivity contribution is -0.132. The summed E-state index contributed by atoms with van der Waals surface area (Å²) in [5, 5.41) is 1.44. The molecule has 0 radical (unpaired) electrons. The van der Waals surface area contributed by atoms with Crippen molar-refractivity contribution in [2.45, 2.75) is 17.7 Å². The van der Waals surface area contributed by atoms with Gasteiger partial charge in [-0.05, 0) is 30.3 Å². The van der Waals surface area contributed by atoms with Gasteiger partial charge in [-0.3, -0.25) is 4.79 Å². The van der Waals surface area contributed by atoms with E-state index in [4.69, 9.17) is 23.2 Å². The van der Waals surface area contributed by atoms with Crippen LogP contribution in [-0.4, -0.2) is 54.7 Å². The van der Waals surface area contributed by atoms with Gasteiger partial charge in [0.15, 0.2) is 0 Å². The van der Waals surface area contributed by atoms with Gasteiger partial charge in [-0.1, -0.05) is 35.3 Å². The number of benzene rings is 2. The van der Waals surface area contributed by atoms with Crippen LogP contribution in [0, 0.1) is 0 Å². The molecule has 0 bridgehead atoms. The zero-order valence-electron chi connectivity index (χ0n) is 15.9. The van der Waals surface area contributed by atoms with Crippen molar-refractivity contribution in [2.75, 3.05) is 26.2 Å². The van der Waals surface area contributed by atoms with Crippen molar-refractivity contribution in [2.24, 2.45) is 0 Å². The van der Waals surface area contributed by atoms with Gasteiger partial charge in [-0.25, -0.2) is 13.4 Å². The third-order valence-corrected chi connectivity index (χ3v) is 8.74. The minimum absolute atomic E-state index is 0.0147. The zero-order valence-corrected chi connectivity index (χ0v) is 19.1. The number of rotatable bonds is 5. The highest BCUT2D eigenvalue weighted by Gasteiger charge is 2.30. The van der Waals surface area contributed by atoms with Crippen LogP contribution in [0.2, 0.25) is 10.0 Å². The number of aromatic nitrogens is 1. The van der Waals surface area contributed by atoms with Gasteiger partial charge in [0.25, 0.3) is 0 Å². The van der Waals surface area contributed by atoms with Crippen molar-refractivity contribution in [1.29, 1.82) is 0 Å². The van der Waals surface area contributed by atoms with Crippen LogP contribution in [0.25, 0.3) is 10.2 Å². The second-order valence-electron chi connectivity index (χ2n) is 6.94. The van der Waals surface area contributed by atoms with Crippen LogP contribution in [0.1, 0.15) is 11.4 Å². The van der Waals surface area contributed by atoms with Crippen LogP contribution >= 0.6 is 34.5 Å². The van der Waals surface area contributed by atoms with Gasteiger partial charge in [0.1, 0.15) is 0 Å². The van der Waals surface area contributed by atoms with Crippen molar-refractivity contribution in [3.05, 3.63) is 57.5 Å². The number of fused-ring (bicyclic) bond motifs is 1. The number of carbonyl (C=O) groups is 1. The van der Waals surface area contributed by atoms with E-state index in [1.165, 1.54) is 22.5 Å². The molecule has 2 aromatic carbocycles. The minimum Gasteiger partial charge on any atom is -0.340 e. The van der Waals surface area contributed by atoms with E-state index in [2.05, 4.69) is 4.98 Å². The van der Waals surface area contributed by atoms with E-state index in [9.17, 15) is 13.2 Å². The van der Waals surface area contributed by atoms with Crippen molar-refractivity contribution in [3.8, 4) is 0 Å². The van der Waals surface area contributed by atoms with Crippen LogP contribution in [0.5, 0.6) is 0 Å². The van der Waals surface area contributed by atoms with Crippen LogP contribution in [0.4, 0.5) is 0 Å². The second-order valence-corrected chi connectivity index (χ2v) is 10.8. The summed E-state index contributed by atoms with van der Waals surface area (Å²) >= 11 is 13.4. The number of halogens is 2. The van der Waals surface area contributed by atoms with Crippen molar-refractivity contribution < 1.29 is 13.2 Å². The predicted octanol–water partition coefficient (Wildman–Crippen LogP) is 4.07. The van der Waals surface area contributed by atoms with Gasteiger partial charge in [-0.2, -0.15) is 4.31 Å². The molecule has 30 heavy (non-hydrogen) atoms. The van der Waals surface area contributed by atoms with Gasteiger partial charge in [-0.15, -0.1) is 11.3 Å². The molecule has 0 unspecified atom stereocenters. The summed E-state index contributed by atoms with van der Waals surface area (Å²) in [6, 6.07) is 12.2. The quantitative estimate of drug-likeness (QED) is 0.548. The molecular weight excluding hydrogens is 465 g/mol. The number of piperazine rings is 1. The van der Waals surface area contributed by atoms with E-state index >= 15 is 0 Å². The average molecular weight is 484 g/mol. The lowest BCUT2D eigenvalue weighted by Gasteiger charge is -2.34. The Morgan fingerprint density at radius 1 is 1.03 bits per heavy atom. The largest absolute Gasteiger partial charge is 0.340 e. The number of hydrogen-bond donors (Lipinski definition) is 0. The van der Waals surface area contributed by atoms with Gasteiger partial charge in [0.05, 0.1) is 30.2 Å². The lowest BCUT2D eigenvalue weighted by atomic mass is 10.2. The number of sulfonamides is 1. The fourth-order valence-electron chi connectivity index (χ4n) is 3.36. The molecule has 6 nitrogen and oxygen atoms in total. The molecule has 2 heterocycles. The number of nitrogens with zero attached hydrogens (tertiary/aromatic N) is 3. The normalized spacial score (nSPS) is 15.6. The first-order valence-electron chi connectivity index (χ1n) is 9.42. The molecule has 3 aromatic rings. The topological polar surface area (TPSA) is 70.6 Å². The zero-order chi connectivity index (χ0) is 21.3. The van der Waals surface area contributed by atoms with Crippen molar-refractivity contribution in [1.82, 2.24) is 14.2 Å². The second kappa shape index (κ2) is 8.80. The summed E-state index contributed by atoms with van der Waals surface area (Å²) in [7, 11) is -3.68. The molecule has 1 aliphatic rings. The molecule has 1 aliphatic heterocycles. The Labute approximate surface area is 189 Å². The van der Waals surface area contributed by atoms with Crippen LogP contribution in [-0.2, 0) is 21.2 Å². The minimum atomic E-state index is -3.68. The molecule has 0 spiro atoms. The van der Waals surface area contributed by atoms with Crippen molar-refractivity contribution >= 4 is 60.7 Å². The lowest BCUT2D eigenvalue weighted by Crippen LogP contribution is -2.50. The Hall–Kier alpha value is -1.71. The molecule has 10 heteroatoms. The first kappa shape index (κ1) is 21.5. The first-order valence-corrected chi connectivity index (χ1v) is 12.4. The molecule has 0 atom stereocenters. The maximum Gasteiger partial charge on any atom is 0.243 e. The van der Waals surface area contributed by atoms with Crippen molar-refractivity contribution in [3.63, 3.8) is 0 Å². The molecule has 4 rings (SSSR count). The van der Waals surface area contributed by atoms with E-state index in [1.807, 2.05) is 24.3 Å².